The largest absolute Gasteiger partial charge is 0.416 e. The number of carbonyl (C=O) groups excluding carboxylic acids is 1. The first-order valence-corrected chi connectivity index (χ1v) is 7.71. The van der Waals surface area contributed by atoms with Crippen LogP contribution in [0.5, 0.6) is 0 Å². The number of benzene rings is 1. The Morgan fingerprint density at radius 1 is 1.30 bits per heavy atom. The van der Waals surface area contributed by atoms with Crippen LogP contribution in [0.3, 0.4) is 0 Å². The van der Waals surface area contributed by atoms with Crippen molar-refractivity contribution in [2.45, 2.75) is 29.8 Å². The molecule has 1 heterocycles. The van der Waals surface area contributed by atoms with E-state index in [0.29, 0.717) is 17.9 Å². The van der Waals surface area contributed by atoms with Gasteiger partial charge in [-0.2, -0.15) is 13.2 Å². The van der Waals surface area contributed by atoms with E-state index in [2.05, 4.69) is 5.16 Å². The zero-order valence-corrected chi connectivity index (χ0v) is 12.3. The summed E-state index contributed by atoms with van der Waals surface area (Å²) in [6.07, 6.45) is -1.83. The van der Waals surface area contributed by atoms with E-state index < -0.39 is 33.5 Å². The van der Waals surface area contributed by atoms with Crippen LogP contribution in [-0.2, 0) is 17.3 Å². The van der Waals surface area contributed by atoms with Crippen LogP contribution in [0.15, 0.2) is 33.8 Å². The normalized spacial score (nSPS) is 16.3. The molecular formula is C14H10F3NO4S. The summed E-state index contributed by atoms with van der Waals surface area (Å²) < 4.78 is 63.8. The molecular weight excluding hydrogens is 335 g/mol. The maximum atomic E-state index is 12.7. The van der Waals surface area contributed by atoms with E-state index in [4.69, 9.17) is 4.52 Å². The number of halogens is 3. The van der Waals surface area contributed by atoms with E-state index in [-0.39, 0.29) is 17.0 Å². The number of nitrogens with zero attached hydrogens (tertiary/aromatic N) is 1. The van der Waals surface area contributed by atoms with Crippen LogP contribution in [-0.4, -0.2) is 19.7 Å². The molecule has 3 rings (SSSR count). The number of hydrogen-bond acceptors (Lipinski definition) is 4. The van der Waals surface area contributed by atoms with Gasteiger partial charge in [0.1, 0.15) is 0 Å². The van der Waals surface area contributed by atoms with Crippen LogP contribution in [0.2, 0.25) is 0 Å². The molecule has 0 amide bonds. The van der Waals surface area contributed by atoms with Gasteiger partial charge in [0.15, 0.2) is 22.6 Å². The molecule has 1 unspecified atom stereocenters. The van der Waals surface area contributed by atoms with Crippen molar-refractivity contribution in [1.29, 1.82) is 0 Å². The number of hydrogen-bond donors (Lipinski definition) is 1. The first-order valence-electron chi connectivity index (χ1n) is 6.60. The summed E-state index contributed by atoms with van der Waals surface area (Å²) in [5.74, 6) is -0.252. The minimum Gasteiger partial charge on any atom is -0.360 e. The van der Waals surface area contributed by atoms with Gasteiger partial charge in [-0.25, -0.2) is 4.21 Å². The molecule has 0 aliphatic heterocycles. The predicted octanol–water partition coefficient (Wildman–Crippen LogP) is 3.38. The van der Waals surface area contributed by atoms with Gasteiger partial charge in [0.2, 0.25) is 0 Å². The lowest BCUT2D eigenvalue weighted by Gasteiger charge is -2.10. The highest BCUT2D eigenvalue weighted by atomic mass is 32.2. The molecule has 1 fully saturated rings. The lowest BCUT2D eigenvalue weighted by Crippen LogP contribution is -2.11. The smallest absolute Gasteiger partial charge is 0.360 e. The minimum absolute atomic E-state index is 0.0639. The summed E-state index contributed by atoms with van der Waals surface area (Å²) >= 11 is -2.74. The third kappa shape index (κ3) is 3.06. The monoisotopic (exact) mass is 345 g/mol. The van der Waals surface area contributed by atoms with Crippen molar-refractivity contribution in [1.82, 2.24) is 5.16 Å². The maximum absolute atomic E-state index is 12.7. The summed E-state index contributed by atoms with van der Waals surface area (Å²) in [5.41, 5.74) is -1.26. The molecule has 0 saturated heterocycles. The average Bonchev–Trinajstić information content (AvgIpc) is 3.22. The molecule has 1 atom stereocenters. The third-order valence-corrected chi connectivity index (χ3v) is 4.25. The zero-order chi connectivity index (χ0) is 16.8. The van der Waals surface area contributed by atoms with Crippen LogP contribution < -0.4 is 0 Å². The van der Waals surface area contributed by atoms with Gasteiger partial charge in [-0.1, -0.05) is 5.16 Å². The fraction of sp³-hybridized carbons (Fsp3) is 0.286. The van der Waals surface area contributed by atoms with E-state index in [1.165, 1.54) is 6.20 Å². The summed E-state index contributed by atoms with van der Waals surface area (Å²) in [4.78, 5) is 11.9. The number of rotatable bonds is 4. The average molecular weight is 345 g/mol. The molecule has 122 valence electrons. The highest BCUT2D eigenvalue weighted by molar-refractivity contribution is 7.79. The second kappa shape index (κ2) is 5.57. The Labute approximate surface area is 130 Å². The van der Waals surface area contributed by atoms with Crippen LogP contribution in [0.25, 0.3) is 0 Å². The molecule has 2 aromatic rings. The SMILES string of the molecule is O=C(c1ccc(C(F)(F)F)cc1S(=O)O)c1cnoc1C1CC1. The van der Waals surface area contributed by atoms with Crippen LogP contribution in [0, 0.1) is 0 Å². The highest BCUT2D eigenvalue weighted by Gasteiger charge is 2.35. The number of aromatic nitrogens is 1. The molecule has 1 aromatic heterocycles. The Balaban J connectivity index is 2.06. The number of alkyl halides is 3. The summed E-state index contributed by atoms with van der Waals surface area (Å²) in [5, 5.41) is 3.55. The molecule has 0 bridgehead atoms. The van der Waals surface area contributed by atoms with Gasteiger partial charge in [0, 0.05) is 11.5 Å². The second-order valence-electron chi connectivity index (χ2n) is 5.16. The number of carbonyl (C=O) groups is 1. The maximum Gasteiger partial charge on any atom is 0.416 e. The van der Waals surface area contributed by atoms with Gasteiger partial charge in [-0.05, 0) is 31.0 Å². The topological polar surface area (TPSA) is 80.4 Å². The van der Waals surface area contributed by atoms with Gasteiger partial charge >= 0.3 is 6.18 Å². The fourth-order valence-electron chi connectivity index (χ4n) is 2.23. The first-order chi connectivity index (χ1) is 10.8. The third-order valence-electron chi connectivity index (χ3n) is 3.53. The Hall–Kier alpha value is -2.00. The lowest BCUT2D eigenvalue weighted by atomic mass is 10.0. The molecule has 1 saturated carbocycles. The number of ketones is 1. The quantitative estimate of drug-likeness (QED) is 0.679. The van der Waals surface area contributed by atoms with Crippen molar-refractivity contribution in [3.8, 4) is 0 Å². The summed E-state index contributed by atoms with van der Waals surface area (Å²) in [7, 11) is 0. The van der Waals surface area contributed by atoms with Crippen molar-refractivity contribution >= 4 is 16.9 Å². The summed E-state index contributed by atoms with van der Waals surface area (Å²) in [6.45, 7) is 0. The molecule has 23 heavy (non-hydrogen) atoms. The molecule has 9 heteroatoms. The Kier molecular flexibility index (Phi) is 3.85. The summed E-state index contributed by atoms with van der Waals surface area (Å²) in [6, 6.07) is 2.11. The minimum atomic E-state index is -4.67. The Morgan fingerprint density at radius 2 is 2.00 bits per heavy atom. The van der Waals surface area contributed by atoms with E-state index in [0.717, 1.165) is 18.9 Å². The fourth-order valence-corrected chi connectivity index (χ4v) is 2.81. The van der Waals surface area contributed by atoms with Crippen molar-refractivity contribution in [2.24, 2.45) is 0 Å². The van der Waals surface area contributed by atoms with Crippen molar-refractivity contribution in [3.63, 3.8) is 0 Å². The van der Waals surface area contributed by atoms with Gasteiger partial charge < -0.3 is 9.08 Å². The van der Waals surface area contributed by atoms with Crippen LogP contribution >= 0.6 is 0 Å². The molecule has 0 radical (unpaired) electrons. The van der Waals surface area contributed by atoms with Crippen LogP contribution in [0.1, 0.15) is 46.0 Å². The molecule has 1 aliphatic rings. The Bertz CT molecular complexity index is 796. The predicted molar refractivity (Wildman–Crippen MR) is 72.4 cm³/mol. The zero-order valence-electron chi connectivity index (χ0n) is 11.5. The van der Waals surface area contributed by atoms with E-state index in [1.807, 2.05) is 0 Å². The van der Waals surface area contributed by atoms with E-state index in [1.54, 1.807) is 0 Å². The molecule has 1 aromatic carbocycles. The van der Waals surface area contributed by atoms with Crippen molar-refractivity contribution in [2.75, 3.05) is 0 Å². The molecule has 0 spiro atoms. The highest BCUT2D eigenvalue weighted by Crippen LogP contribution is 2.42. The lowest BCUT2D eigenvalue weighted by molar-refractivity contribution is -0.137. The first kappa shape index (κ1) is 15.9. The van der Waals surface area contributed by atoms with Crippen molar-refractivity contribution < 1.29 is 31.3 Å². The van der Waals surface area contributed by atoms with Gasteiger partial charge in [0.05, 0.1) is 22.2 Å². The van der Waals surface area contributed by atoms with Crippen LogP contribution in [0.4, 0.5) is 13.2 Å². The molecule has 1 N–H and O–H groups in total. The van der Waals surface area contributed by atoms with E-state index in [9.17, 15) is 26.7 Å². The van der Waals surface area contributed by atoms with Gasteiger partial charge in [0.25, 0.3) is 0 Å². The Morgan fingerprint density at radius 3 is 2.57 bits per heavy atom. The van der Waals surface area contributed by atoms with E-state index >= 15 is 0 Å². The standard InChI is InChI=1S/C14H10F3NO4S/c15-14(16,17)8-3-4-9(11(5-8)23(20)21)12(19)10-6-18-22-13(10)7-1-2-7/h3-7H,1-2H2,(H,20,21). The van der Waals surface area contributed by atoms with Crippen molar-refractivity contribution in [3.05, 3.63) is 46.8 Å². The van der Waals surface area contributed by atoms with Gasteiger partial charge in [-0.15, -0.1) is 0 Å². The van der Waals surface area contributed by atoms with Gasteiger partial charge in [-0.3, -0.25) is 4.79 Å². The second-order valence-corrected chi connectivity index (χ2v) is 6.10. The molecule has 1 aliphatic carbocycles. The molecule has 5 nitrogen and oxygen atoms in total.